The van der Waals surface area contributed by atoms with Crippen molar-refractivity contribution in [3.8, 4) is 28.1 Å². The summed E-state index contributed by atoms with van der Waals surface area (Å²) in [5, 5.41) is 7.48. The molecular formula is C20H19N3O2. The fourth-order valence-electron chi connectivity index (χ4n) is 3.28. The number of nitrogens with one attached hydrogen (secondary N) is 1. The molecule has 25 heavy (non-hydrogen) atoms. The maximum absolute atomic E-state index is 11.6. The van der Waals surface area contributed by atoms with E-state index in [1.165, 1.54) is 5.56 Å². The number of benzene rings is 2. The van der Waals surface area contributed by atoms with Gasteiger partial charge < -0.3 is 10.1 Å². The third kappa shape index (κ3) is 2.67. The Labute approximate surface area is 146 Å². The topological polar surface area (TPSA) is 56.1 Å². The molecule has 126 valence electrons. The lowest BCUT2D eigenvalue weighted by Gasteiger charge is -2.19. The van der Waals surface area contributed by atoms with Crippen LogP contribution in [-0.2, 0) is 11.8 Å². The SMILES string of the molecule is Cc1ccc(-c2c(-c3ccc4c(c3)NC(=O)CO4)c(C)nn2C)cc1. The second-order valence-corrected chi connectivity index (χ2v) is 6.35. The van der Waals surface area contributed by atoms with Crippen LogP contribution < -0.4 is 10.1 Å². The first-order chi connectivity index (χ1) is 12.0. The molecule has 1 N–H and O–H groups in total. The van der Waals surface area contributed by atoms with Crippen molar-refractivity contribution in [2.24, 2.45) is 7.05 Å². The molecule has 0 bridgehead atoms. The number of carbonyl (C=O) groups excluding carboxylic acids is 1. The standard InChI is InChI=1S/C20H19N3O2/c1-12-4-6-14(7-5-12)20-19(13(2)22-23(20)3)15-8-9-17-16(10-15)21-18(24)11-25-17/h4-10H,11H2,1-3H3,(H,21,24). The Morgan fingerprint density at radius 1 is 1.08 bits per heavy atom. The highest BCUT2D eigenvalue weighted by molar-refractivity contribution is 5.97. The summed E-state index contributed by atoms with van der Waals surface area (Å²) in [5.41, 5.74) is 7.10. The van der Waals surface area contributed by atoms with E-state index in [2.05, 4.69) is 41.6 Å². The first-order valence-corrected chi connectivity index (χ1v) is 8.20. The van der Waals surface area contributed by atoms with E-state index in [1.54, 1.807) is 0 Å². The number of carbonyl (C=O) groups is 1. The first kappa shape index (κ1) is 15.4. The number of ether oxygens (including phenoxy) is 1. The summed E-state index contributed by atoms with van der Waals surface area (Å²) in [6.07, 6.45) is 0. The summed E-state index contributed by atoms with van der Waals surface area (Å²) in [6, 6.07) is 14.3. The van der Waals surface area contributed by atoms with E-state index >= 15 is 0 Å². The highest BCUT2D eigenvalue weighted by atomic mass is 16.5. The van der Waals surface area contributed by atoms with Gasteiger partial charge in [0, 0.05) is 18.2 Å². The Hall–Kier alpha value is -3.08. The van der Waals surface area contributed by atoms with Crippen LogP contribution in [-0.4, -0.2) is 22.3 Å². The van der Waals surface area contributed by atoms with Gasteiger partial charge in [-0.05, 0) is 31.5 Å². The molecule has 0 saturated heterocycles. The first-order valence-electron chi connectivity index (χ1n) is 8.20. The van der Waals surface area contributed by atoms with Crippen LogP contribution in [0.5, 0.6) is 5.75 Å². The minimum absolute atomic E-state index is 0.0624. The molecule has 0 unspecified atom stereocenters. The zero-order valence-corrected chi connectivity index (χ0v) is 14.5. The number of rotatable bonds is 2. The van der Waals surface area contributed by atoms with E-state index in [0.717, 1.165) is 28.1 Å². The van der Waals surface area contributed by atoms with Gasteiger partial charge in [-0.25, -0.2) is 0 Å². The highest BCUT2D eigenvalue weighted by Crippen LogP contribution is 2.38. The van der Waals surface area contributed by atoms with Crippen LogP contribution in [0.2, 0.25) is 0 Å². The molecule has 0 atom stereocenters. The van der Waals surface area contributed by atoms with Crippen LogP contribution in [0.1, 0.15) is 11.3 Å². The number of anilines is 1. The van der Waals surface area contributed by atoms with Gasteiger partial charge in [-0.3, -0.25) is 9.48 Å². The molecule has 0 aliphatic carbocycles. The summed E-state index contributed by atoms with van der Waals surface area (Å²) in [7, 11) is 1.95. The Balaban J connectivity index is 1.87. The highest BCUT2D eigenvalue weighted by Gasteiger charge is 2.20. The fraction of sp³-hybridized carbons (Fsp3) is 0.200. The van der Waals surface area contributed by atoms with Crippen LogP contribution >= 0.6 is 0 Å². The normalized spacial score (nSPS) is 13.2. The number of hydrogen-bond acceptors (Lipinski definition) is 3. The zero-order chi connectivity index (χ0) is 17.6. The molecule has 0 fully saturated rings. The predicted octanol–water partition coefficient (Wildman–Crippen LogP) is 3.70. The third-order valence-corrected chi connectivity index (χ3v) is 4.45. The molecule has 2 heterocycles. The molecule has 0 spiro atoms. The lowest BCUT2D eigenvalue weighted by Crippen LogP contribution is -2.25. The lowest BCUT2D eigenvalue weighted by atomic mass is 9.97. The molecule has 5 nitrogen and oxygen atoms in total. The number of amides is 1. The van der Waals surface area contributed by atoms with Crippen LogP contribution in [0.3, 0.4) is 0 Å². The van der Waals surface area contributed by atoms with Crippen LogP contribution in [0, 0.1) is 13.8 Å². The summed E-state index contributed by atoms with van der Waals surface area (Å²) in [5.74, 6) is 0.563. The second-order valence-electron chi connectivity index (χ2n) is 6.35. The minimum atomic E-state index is -0.133. The van der Waals surface area contributed by atoms with Gasteiger partial charge in [0.1, 0.15) is 5.75 Å². The summed E-state index contributed by atoms with van der Waals surface area (Å²) < 4.78 is 7.36. The van der Waals surface area contributed by atoms with Crippen molar-refractivity contribution in [3.63, 3.8) is 0 Å². The minimum Gasteiger partial charge on any atom is -0.482 e. The quantitative estimate of drug-likeness (QED) is 0.778. The molecular weight excluding hydrogens is 314 g/mol. The Bertz CT molecular complexity index is 971. The number of aryl methyl sites for hydroxylation is 3. The number of fused-ring (bicyclic) bond motifs is 1. The summed E-state index contributed by atoms with van der Waals surface area (Å²) >= 11 is 0. The molecule has 1 aromatic heterocycles. The molecule has 1 aliphatic rings. The van der Waals surface area contributed by atoms with Gasteiger partial charge in [0.25, 0.3) is 5.91 Å². The molecule has 3 aromatic rings. The van der Waals surface area contributed by atoms with Crippen molar-refractivity contribution >= 4 is 11.6 Å². The van der Waals surface area contributed by atoms with Gasteiger partial charge in [0.2, 0.25) is 0 Å². The van der Waals surface area contributed by atoms with E-state index in [-0.39, 0.29) is 12.5 Å². The number of nitrogens with zero attached hydrogens (tertiary/aromatic N) is 2. The van der Waals surface area contributed by atoms with Gasteiger partial charge >= 0.3 is 0 Å². The van der Waals surface area contributed by atoms with Crippen molar-refractivity contribution in [2.75, 3.05) is 11.9 Å². The third-order valence-electron chi connectivity index (χ3n) is 4.45. The average Bonchev–Trinajstić information content (AvgIpc) is 2.89. The van der Waals surface area contributed by atoms with Gasteiger partial charge in [-0.1, -0.05) is 35.9 Å². The van der Waals surface area contributed by atoms with Crippen LogP contribution in [0.25, 0.3) is 22.4 Å². The molecule has 5 heteroatoms. The lowest BCUT2D eigenvalue weighted by molar-refractivity contribution is -0.118. The number of aromatic nitrogens is 2. The van der Waals surface area contributed by atoms with Gasteiger partial charge in [-0.15, -0.1) is 0 Å². The molecule has 1 aliphatic heterocycles. The van der Waals surface area contributed by atoms with Gasteiger partial charge in [0.05, 0.1) is 17.1 Å². The van der Waals surface area contributed by atoms with E-state index < -0.39 is 0 Å². The van der Waals surface area contributed by atoms with Crippen molar-refractivity contribution in [1.29, 1.82) is 0 Å². The van der Waals surface area contributed by atoms with E-state index in [1.807, 2.05) is 36.9 Å². The van der Waals surface area contributed by atoms with E-state index in [9.17, 15) is 4.79 Å². The zero-order valence-electron chi connectivity index (χ0n) is 14.5. The van der Waals surface area contributed by atoms with Crippen LogP contribution in [0.15, 0.2) is 42.5 Å². The van der Waals surface area contributed by atoms with E-state index in [0.29, 0.717) is 11.4 Å². The largest absolute Gasteiger partial charge is 0.482 e. The predicted molar refractivity (Wildman–Crippen MR) is 97.7 cm³/mol. The second kappa shape index (κ2) is 5.77. The Morgan fingerprint density at radius 2 is 1.80 bits per heavy atom. The van der Waals surface area contributed by atoms with Crippen molar-refractivity contribution in [3.05, 3.63) is 53.7 Å². The Kier molecular flexibility index (Phi) is 3.57. The van der Waals surface area contributed by atoms with E-state index in [4.69, 9.17) is 4.74 Å². The van der Waals surface area contributed by atoms with Crippen molar-refractivity contribution < 1.29 is 9.53 Å². The summed E-state index contributed by atoms with van der Waals surface area (Å²) in [4.78, 5) is 11.6. The Morgan fingerprint density at radius 3 is 2.56 bits per heavy atom. The maximum atomic E-state index is 11.6. The maximum Gasteiger partial charge on any atom is 0.262 e. The van der Waals surface area contributed by atoms with Crippen LogP contribution in [0.4, 0.5) is 5.69 Å². The molecule has 0 saturated carbocycles. The van der Waals surface area contributed by atoms with Crippen molar-refractivity contribution in [1.82, 2.24) is 9.78 Å². The smallest absolute Gasteiger partial charge is 0.262 e. The average molecular weight is 333 g/mol. The van der Waals surface area contributed by atoms with Gasteiger partial charge in [0.15, 0.2) is 6.61 Å². The molecule has 1 amide bonds. The summed E-state index contributed by atoms with van der Waals surface area (Å²) in [6.45, 7) is 4.14. The van der Waals surface area contributed by atoms with Crippen molar-refractivity contribution in [2.45, 2.75) is 13.8 Å². The molecule has 2 aromatic carbocycles. The van der Waals surface area contributed by atoms with Gasteiger partial charge in [-0.2, -0.15) is 5.10 Å². The molecule has 4 rings (SSSR count). The number of hydrogen-bond donors (Lipinski definition) is 1. The fourth-order valence-corrected chi connectivity index (χ4v) is 3.28. The molecule has 0 radical (unpaired) electrons. The monoisotopic (exact) mass is 333 g/mol.